The Labute approximate surface area is 127 Å². The maximum absolute atomic E-state index is 11.3. The van der Waals surface area contributed by atoms with E-state index >= 15 is 0 Å². The Morgan fingerprint density at radius 2 is 2.05 bits per heavy atom. The fraction of sp³-hybridized carbons (Fsp3) is 0.500. The first-order valence-corrected chi connectivity index (χ1v) is 7.99. The minimum atomic E-state index is 0.101. The Kier molecular flexibility index (Phi) is 4.39. The van der Waals surface area contributed by atoms with E-state index in [-0.39, 0.29) is 5.91 Å². The predicted octanol–water partition coefficient (Wildman–Crippen LogP) is 2.83. The van der Waals surface area contributed by atoms with Crippen molar-refractivity contribution in [2.24, 2.45) is 0 Å². The second-order valence-corrected chi connectivity index (χ2v) is 6.15. The van der Waals surface area contributed by atoms with Gasteiger partial charge in [0.1, 0.15) is 0 Å². The molecule has 0 saturated heterocycles. The molecule has 3 heteroatoms. The van der Waals surface area contributed by atoms with E-state index < -0.39 is 0 Å². The van der Waals surface area contributed by atoms with Gasteiger partial charge < -0.3 is 5.32 Å². The zero-order chi connectivity index (χ0) is 14.7. The van der Waals surface area contributed by atoms with E-state index in [1.807, 2.05) is 0 Å². The first kappa shape index (κ1) is 14.3. The fourth-order valence-corrected chi connectivity index (χ4v) is 3.71. The second-order valence-electron chi connectivity index (χ2n) is 6.15. The number of hydrogen-bond donors (Lipinski definition) is 1. The van der Waals surface area contributed by atoms with Crippen LogP contribution >= 0.6 is 0 Å². The summed E-state index contributed by atoms with van der Waals surface area (Å²) in [4.78, 5) is 13.9. The summed E-state index contributed by atoms with van der Waals surface area (Å²) in [5.41, 5.74) is 2.81. The van der Waals surface area contributed by atoms with Crippen LogP contribution in [-0.4, -0.2) is 36.0 Å². The summed E-state index contributed by atoms with van der Waals surface area (Å²) in [7, 11) is 0. The lowest BCUT2D eigenvalue weighted by molar-refractivity contribution is -0.120. The monoisotopic (exact) mass is 284 g/mol. The van der Waals surface area contributed by atoms with Crippen molar-refractivity contribution < 1.29 is 4.79 Å². The van der Waals surface area contributed by atoms with E-state index in [4.69, 9.17) is 0 Å². The molecule has 0 spiro atoms. The molecule has 112 valence electrons. The largest absolute Gasteiger partial charge is 0.352 e. The van der Waals surface area contributed by atoms with Crippen LogP contribution in [0.5, 0.6) is 0 Å². The van der Waals surface area contributed by atoms with Gasteiger partial charge in [0.25, 0.3) is 0 Å². The molecule has 1 fully saturated rings. The van der Waals surface area contributed by atoms with Crippen molar-refractivity contribution in [3.05, 3.63) is 42.0 Å². The molecule has 1 aromatic carbocycles. The van der Waals surface area contributed by atoms with E-state index in [0.29, 0.717) is 12.1 Å². The van der Waals surface area contributed by atoms with Gasteiger partial charge in [0, 0.05) is 32.1 Å². The van der Waals surface area contributed by atoms with Crippen LogP contribution in [0.25, 0.3) is 5.57 Å². The van der Waals surface area contributed by atoms with Crippen LogP contribution in [-0.2, 0) is 4.79 Å². The van der Waals surface area contributed by atoms with Crippen LogP contribution in [0.1, 0.15) is 38.2 Å². The third kappa shape index (κ3) is 3.35. The molecule has 1 aliphatic heterocycles. The van der Waals surface area contributed by atoms with Gasteiger partial charge in [-0.15, -0.1) is 0 Å². The Balaban J connectivity index is 1.65. The highest BCUT2D eigenvalue weighted by Crippen LogP contribution is 2.29. The molecule has 1 heterocycles. The third-order valence-electron chi connectivity index (χ3n) is 4.72. The molecule has 1 N–H and O–H groups in total. The second kappa shape index (κ2) is 6.44. The van der Waals surface area contributed by atoms with Gasteiger partial charge in [-0.05, 0) is 36.8 Å². The van der Waals surface area contributed by atoms with Gasteiger partial charge in [-0.3, -0.25) is 9.69 Å². The molecule has 0 bridgehead atoms. The average Bonchev–Trinajstić information content (AvgIpc) is 2.96. The van der Waals surface area contributed by atoms with Crippen LogP contribution < -0.4 is 5.32 Å². The molecule has 1 aromatic rings. The van der Waals surface area contributed by atoms with Crippen molar-refractivity contribution in [2.75, 3.05) is 13.1 Å². The number of amides is 1. The van der Waals surface area contributed by atoms with Crippen LogP contribution in [0, 0.1) is 0 Å². The topological polar surface area (TPSA) is 32.3 Å². The predicted molar refractivity (Wildman–Crippen MR) is 85.9 cm³/mol. The normalized spacial score (nSPS) is 26.4. The SMILES string of the molecule is CC(=O)N[C@@H]1CCC[C@H]1N1CC=C(c2ccccc2)CC1. The van der Waals surface area contributed by atoms with Crippen LogP contribution in [0.2, 0.25) is 0 Å². The number of nitrogens with one attached hydrogen (secondary N) is 1. The fourth-order valence-electron chi connectivity index (χ4n) is 3.71. The molecule has 1 saturated carbocycles. The minimum Gasteiger partial charge on any atom is -0.352 e. The van der Waals surface area contributed by atoms with Gasteiger partial charge in [-0.2, -0.15) is 0 Å². The number of rotatable bonds is 3. The van der Waals surface area contributed by atoms with Gasteiger partial charge in [0.05, 0.1) is 0 Å². The summed E-state index contributed by atoms with van der Waals surface area (Å²) in [6.45, 7) is 3.73. The molecular weight excluding hydrogens is 260 g/mol. The maximum Gasteiger partial charge on any atom is 0.217 e. The van der Waals surface area contributed by atoms with Gasteiger partial charge in [-0.1, -0.05) is 36.4 Å². The lowest BCUT2D eigenvalue weighted by atomic mass is 9.98. The molecule has 21 heavy (non-hydrogen) atoms. The molecule has 1 amide bonds. The molecule has 0 aromatic heterocycles. The number of carbonyl (C=O) groups excluding carboxylic acids is 1. The number of benzene rings is 1. The number of carbonyl (C=O) groups is 1. The number of nitrogens with zero attached hydrogens (tertiary/aromatic N) is 1. The molecular formula is C18H24N2O. The van der Waals surface area contributed by atoms with Crippen molar-refractivity contribution in [1.29, 1.82) is 0 Å². The highest BCUT2D eigenvalue weighted by atomic mass is 16.1. The Morgan fingerprint density at radius 3 is 2.71 bits per heavy atom. The lowest BCUT2D eigenvalue weighted by Crippen LogP contribution is -2.49. The Morgan fingerprint density at radius 1 is 1.24 bits per heavy atom. The Bertz CT molecular complexity index is 523. The molecule has 2 atom stereocenters. The number of hydrogen-bond acceptors (Lipinski definition) is 2. The third-order valence-corrected chi connectivity index (χ3v) is 4.72. The summed E-state index contributed by atoms with van der Waals surface area (Å²) in [6.07, 6.45) is 7.02. The van der Waals surface area contributed by atoms with Crippen molar-refractivity contribution in [3.8, 4) is 0 Å². The molecule has 2 aliphatic rings. The van der Waals surface area contributed by atoms with Crippen molar-refractivity contribution in [2.45, 2.75) is 44.7 Å². The Hall–Kier alpha value is -1.61. The zero-order valence-corrected chi connectivity index (χ0v) is 12.7. The van der Waals surface area contributed by atoms with Gasteiger partial charge >= 0.3 is 0 Å². The minimum absolute atomic E-state index is 0.101. The molecule has 0 unspecified atom stereocenters. The molecule has 1 aliphatic carbocycles. The zero-order valence-electron chi connectivity index (χ0n) is 12.7. The van der Waals surface area contributed by atoms with E-state index in [1.54, 1.807) is 6.92 Å². The van der Waals surface area contributed by atoms with Gasteiger partial charge in [-0.25, -0.2) is 0 Å². The first-order chi connectivity index (χ1) is 10.2. The van der Waals surface area contributed by atoms with E-state index in [9.17, 15) is 4.79 Å². The highest BCUT2D eigenvalue weighted by molar-refractivity contribution is 5.73. The average molecular weight is 284 g/mol. The van der Waals surface area contributed by atoms with Crippen molar-refractivity contribution in [1.82, 2.24) is 10.2 Å². The molecule has 3 rings (SSSR count). The van der Waals surface area contributed by atoms with Gasteiger partial charge in [0.2, 0.25) is 5.91 Å². The maximum atomic E-state index is 11.3. The van der Waals surface area contributed by atoms with Crippen LogP contribution in [0.15, 0.2) is 36.4 Å². The summed E-state index contributed by atoms with van der Waals surface area (Å²) in [5.74, 6) is 0.101. The summed E-state index contributed by atoms with van der Waals surface area (Å²) < 4.78 is 0. The summed E-state index contributed by atoms with van der Waals surface area (Å²) in [5, 5.41) is 3.13. The van der Waals surface area contributed by atoms with Gasteiger partial charge in [0.15, 0.2) is 0 Å². The summed E-state index contributed by atoms with van der Waals surface area (Å²) >= 11 is 0. The molecule has 3 nitrogen and oxygen atoms in total. The summed E-state index contributed by atoms with van der Waals surface area (Å²) in [6, 6.07) is 11.5. The quantitative estimate of drug-likeness (QED) is 0.925. The van der Waals surface area contributed by atoms with Crippen molar-refractivity contribution in [3.63, 3.8) is 0 Å². The van der Waals surface area contributed by atoms with Crippen LogP contribution in [0.4, 0.5) is 0 Å². The molecule has 0 radical (unpaired) electrons. The smallest absolute Gasteiger partial charge is 0.217 e. The highest BCUT2D eigenvalue weighted by Gasteiger charge is 2.33. The van der Waals surface area contributed by atoms with E-state index in [0.717, 1.165) is 25.9 Å². The van der Waals surface area contributed by atoms with E-state index in [1.165, 1.54) is 24.0 Å². The van der Waals surface area contributed by atoms with Crippen molar-refractivity contribution >= 4 is 11.5 Å². The van der Waals surface area contributed by atoms with E-state index in [2.05, 4.69) is 46.6 Å². The standard InChI is InChI=1S/C18H24N2O/c1-14(21)19-17-8-5-9-18(17)20-12-10-16(11-13-20)15-6-3-2-4-7-15/h2-4,6-7,10,17-18H,5,8-9,11-13H2,1H3,(H,19,21)/t17-,18-/m1/s1. The van der Waals surface area contributed by atoms with Crippen LogP contribution in [0.3, 0.4) is 0 Å². The lowest BCUT2D eigenvalue weighted by Gasteiger charge is -2.35. The first-order valence-electron chi connectivity index (χ1n) is 7.99.